The van der Waals surface area contributed by atoms with Gasteiger partial charge >= 0.3 is 5.97 Å². The quantitative estimate of drug-likeness (QED) is 0.330. The summed E-state index contributed by atoms with van der Waals surface area (Å²) in [6, 6.07) is 5.56. The first-order chi connectivity index (χ1) is 11.8. The summed E-state index contributed by atoms with van der Waals surface area (Å²) in [5.74, 6) is -1.23. The number of hydrogen-bond acceptors (Lipinski definition) is 7. The van der Waals surface area contributed by atoms with Crippen LogP contribution in [0.3, 0.4) is 0 Å². The summed E-state index contributed by atoms with van der Waals surface area (Å²) in [4.78, 5) is 47.1. The molecule has 0 spiro atoms. The van der Waals surface area contributed by atoms with E-state index in [-0.39, 0.29) is 16.7 Å². The van der Waals surface area contributed by atoms with Crippen LogP contribution in [0.5, 0.6) is 0 Å². The number of hydrogen-bond donors (Lipinski definition) is 0. The van der Waals surface area contributed by atoms with Gasteiger partial charge in [0.1, 0.15) is 6.54 Å². The second-order valence-electron chi connectivity index (χ2n) is 5.33. The van der Waals surface area contributed by atoms with Crippen molar-refractivity contribution in [2.75, 3.05) is 6.54 Å². The van der Waals surface area contributed by atoms with E-state index in [1.165, 1.54) is 30.3 Å². The van der Waals surface area contributed by atoms with Crippen molar-refractivity contribution in [2.45, 2.75) is 26.4 Å². The third-order valence-electron chi connectivity index (χ3n) is 3.47. The molecule has 25 heavy (non-hydrogen) atoms. The third-order valence-corrected chi connectivity index (χ3v) is 4.38. The average molecular weight is 364 g/mol. The summed E-state index contributed by atoms with van der Waals surface area (Å²) in [6.07, 6.45) is 1.80. The van der Waals surface area contributed by atoms with E-state index >= 15 is 0 Å². The molecule has 1 atom stereocenters. The monoisotopic (exact) mass is 364 g/mol. The van der Waals surface area contributed by atoms with E-state index in [9.17, 15) is 24.5 Å². The molecule has 0 saturated carbocycles. The fourth-order valence-electron chi connectivity index (χ4n) is 1.95. The van der Waals surface area contributed by atoms with Crippen molar-refractivity contribution in [3.05, 3.63) is 44.8 Å². The molecule has 132 valence electrons. The zero-order valence-corrected chi connectivity index (χ0v) is 14.4. The van der Waals surface area contributed by atoms with Gasteiger partial charge in [-0.05, 0) is 48.9 Å². The van der Waals surface area contributed by atoms with Crippen LogP contribution >= 0.6 is 11.8 Å². The molecule has 0 aromatic heterocycles. The van der Waals surface area contributed by atoms with Crippen LogP contribution in [0, 0.1) is 10.1 Å². The first-order valence-electron chi connectivity index (χ1n) is 7.51. The Morgan fingerprint density at radius 1 is 1.36 bits per heavy atom. The number of nitro groups is 1. The SMILES string of the molecule is CC[C@H](C)OC(=O)CN1C(=O)S/C(=C/c2ccc([N+](=O)[O-])cc2)C1=O. The van der Waals surface area contributed by atoms with Crippen LogP contribution in [-0.4, -0.2) is 39.6 Å². The lowest BCUT2D eigenvalue weighted by molar-refractivity contribution is -0.384. The number of carbonyl (C=O) groups excluding carboxylic acids is 3. The van der Waals surface area contributed by atoms with Crippen molar-refractivity contribution in [1.29, 1.82) is 0 Å². The van der Waals surface area contributed by atoms with Crippen molar-refractivity contribution >= 4 is 40.6 Å². The number of non-ortho nitro benzene ring substituents is 1. The molecule has 8 nitrogen and oxygen atoms in total. The first-order valence-corrected chi connectivity index (χ1v) is 8.32. The van der Waals surface area contributed by atoms with Gasteiger partial charge in [0.15, 0.2) is 0 Å². The second-order valence-corrected chi connectivity index (χ2v) is 6.32. The molecule has 1 aromatic carbocycles. The Hall–Kier alpha value is -2.68. The second kappa shape index (κ2) is 7.93. The lowest BCUT2D eigenvalue weighted by Gasteiger charge is -2.14. The third kappa shape index (κ3) is 4.66. The molecule has 1 aliphatic rings. The van der Waals surface area contributed by atoms with Crippen LogP contribution in [0.2, 0.25) is 0 Å². The minimum atomic E-state index is -0.645. The molecule has 1 aromatic rings. The molecular weight excluding hydrogens is 348 g/mol. The van der Waals surface area contributed by atoms with E-state index in [1.807, 2.05) is 6.92 Å². The van der Waals surface area contributed by atoms with Gasteiger partial charge in [-0.1, -0.05) is 6.92 Å². The number of thioether (sulfide) groups is 1. The molecule has 0 aliphatic carbocycles. The highest BCUT2D eigenvalue weighted by Crippen LogP contribution is 2.32. The van der Waals surface area contributed by atoms with Crippen molar-refractivity contribution < 1.29 is 24.0 Å². The molecular formula is C16H16N2O6S. The number of esters is 1. The lowest BCUT2D eigenvalue weighted by atomic mass is 10.2. The number of benzene rings is 1. The van der Waals surface area contributed by atoms with Gasteiger partial charge < -0.3 is 4.74 Å². The van der Waals surface area contributed by atoms with Gasteiger partial charge in [-0.15, -0.1) is 0 Å². The highest BCUT2D eigenvalue weighted by Gasteiger charge is 2.36. The summed E-state index contributed by atoms with van der Waals surface area (Å²) in [6.45, 7) is 3.14. The highest BCUT2D eigenvalue weighted by atomic mass is 32.2. The smallest absolute Gasteiger partial charge is 0.326 e. The van der Waals surface area contributed by atoms with E-state index < -0.39 is 28.6 Å². The molecule has 1 heterocycles. The lowest BCUT2D eigenvalue weighted by Crippen LogP contribution is -2.35. The Labute approximate surface area is 148 Å². The zero-order chi connectivity index (χ0) is 18.6. The van der Waals surface area contributed by atoms with Crippen LogP contribution in [-0.2, 0) is 14.3 Å². The number of ether oxygens (including phenoxy) is 1. The van der Waals surface area contributed by atoms with Gasteiger partial charge in [0.25, 0.3) is 16.8 Å². The van der Waals surface area contributed by atoms with E-state index in [2.05, 4.69) is 0 Å². The minimum Gasteiger partial charge on any atom is -0.461 e. The summed E-state index contributed by atoms with van der Waals surface area (Å²) in [5.41, 5.74) is 0.469. The maximum absolute atomic E-state index is 12.3. The summed E-state index contributed by atoms with van der Waals surface area (Å²) >= 11 is 0.711. The maximum atomic E-state index is 12.3. The van der Waals surface area contributed by atoms with E-state index in [0.717, 1.165) is 4.90 Å². The Morgan fingerprint density at radius 3 is 2.56 bits per heavy atom. The van der Waals surface area contributed by atoms with E-state index in [0.29, 0.717) is 23.7 Å². The van der Waals surface area contributed by atoms with Crippen LogP contribution < -0.4 is 0 Å². The standard InChI is InChI=1S/C16H16N2O6S/c1-3-10(2)24-14(19)9-17-15(20)13(25-16(17)21)8-11-4-6-12(7-5-11)18(22)23/h4-8,10H,3,9H2,1-2H3/b13-8+/t10-/m0/s1. The number of carbonyl (C=O) groups is 3. The Bertz CT molecular complexity index is 743. The van der Waals surface area contributed by atoms with Crippen molar-refractivity contribution in [3.63, 3.8) is 0 Å². The van der Waals surface area contributed by atoms with Crippen LogP contribution in [0.1, 0.15) is 25.8 Å². The fraction of sp³-hybridized carbons (Fsp3) is 0.312. The number of rotatable bonds is 6. The summed E-state index contributed by atoms with van der Waals surface area (Å²) in [7, 11) is 0. The molecule has 1 saturated heterocycles. The van der Waals surface area contributed by atoms with Crippen molar-refractivity contribution in [2.24, 2.45) is 0 Å². The number of nitro benzene ring substituents is 1. The number of amides is 2. The molecule has 1 aliphatic heterocycles. The Morgan fingerprint density at radius 2 is 2.00 bits per heavy atom. The van der Waals surface area contributed by atoms with Gasteiger partial charge in [0.2, 0.25) is 0 Å². The van der Waals surface area contributed by atoms with Crippen LogP contribution in [0.4, 0.5) is 10.5 Å². The minimum absolute atomic E-state index is 0.0713. The van der Waals surface area contributed by atoms with Crippen molar-refractivity contribution in [1.82, 2.24) is 4.90 Å². The molecule has 1 fully saturated rings. The predicted molar refractivity (Wildman–Crippen MR) is 91.6 cm³/mol. The van der Waals surface area contributed by atoms with E-state index in [4.69, 9.17) is 4.74 Å². The summed E-state index contributed by atoms with van der Waals surface area (Å²) in [5, 5.41) is 10.1. The molecule has 0 bridgehead atoms. The largest absolute Gasteiger partial charge is 0.461 e. The van der Waals surface area contributed by atoms with Gasteiger partial charge in [0.05, 0.1) is 15.9 Å². The van der Waals surface area contributed by atoms with Gasteiger partial charge in [-0.2, -0.15) is 0 Å². The van der Waals surface area contributed by atoms with Gasteiger partial charge in [-0.25, -0.2) is 0 Å². The zero-order valence-electron chi connectivity index (χ0n) is 13.6. The Kier molecular flexibility index (Phi) is 5.92. The molecule has 0 N–H and O–H groups in total. The molecule has 9 heteroatoms. The van der Waals surface area contributed by atoms with Crippen molar-refractivity contribution in [3.8, 4) is 0 Å². The number of imide groups is 1. The molecule has 0 radical (unpaired) electrons. The molecule has 2 rings (SSSR count). The number of nitrogens with zero attached hydrogens (tertiary/aromatic N) is 2. The highest BCUT2D eigenvalue weighted by molar-refractivity contribution is 8.18. The topological polar surface area (TPSA) is 107 Å². The Balaban J connectivity index is 2.09. The van der Waals surface area contributed by atoms with Crippen LogP contribution in [0.15, 0.2) is 29.2 Å². The van der Waals surface area contributed by atoms with Gasteiger partial charge in [-0.3, -0.25) is 29.4 Å². The normalized spacial score (nSPS) is 17.0. The summed E-state index contributed by atoms with van der Waals surface area (Å²) < 4.78 is 5.07. The van der Waals surface area contributed by atoms with E-state index in [1.54, 1.807) is 6.92 Å². The molecule has 0 unspecified atom stereocenters. The fourth-order valence-corrected chi connectivity index (χ4v) is 2.79. The average Bonchev–Trinajstić information content (AvgIpc) is 2.82. The van der Waals surface area contributed by atoms with Gasteiger partial charge in [0, 0.05) is 12.1 Å². The van der Waals surface area contributed by atoms with Crippen LogP contribution in [0.25, 0.3) is 6.08 Å². The maximum Gasteiger partial charge on any atom is 0.326 e. The predicted octanol–water partition coefficient (Wildman–Crippen LogP) is 2.97. The first kappa shape index (κ1) is 18.7. The molecule has 2 amide bonds.